The van der Waals surface area contributed by atoms with Crippen molar-refractivity contribution in [3.63, 3.8) is 0 Å². The van der Waals surface area contributed by atoms with E-state index in [2.05, 4.69) is 31.2 Å². The molecule has 0 unspecified atom stereocenters. The summed E-state index contributed by atoms with van der Waals surface area (Å²) in [7, 11) is 0. The third-order valence-corrected chi connectivity index (χ3v) is 6.19. The quantitative estimate of drug-likeness (QED) is 0.693. The molecule has 0 N–H and O–H groups in total. The predicted molar refractivity (Wildman–Crippen MR) is 105 cm³/mol. The largest absolute Gasteiger partial charge is 0.462 e. The van der Waals surface area contributed by atoms with Gasteiger partial charge in [-0.25, -0.2) is 4.79 Å². The number of aryl methyl sites for hydroxylation is 2. The van der Waals surface area contributed by atoms with Crippen molar-refractivity contribution in [1.82, 2.24) is 0 Å². The van der Waals surface area contributed by atoms with E-state index in [0.29, 0.717) is 17.6 Å². The number of carbonyl (C=O) groups is 1. The van der Waals surface area contributed by atoms with Crippen LogP contribution < -0.4 is 0 Å². The van der Waals surface area contributed by atoms with Crippen molar-refractivity contribution in [2.45, 2.75) is 64.2 Å². The zero-order valence-corrected chi connectivity index (χ0v) is 15.9. The zero-order chi connectivity index (χ0) is 18.1. The van der Waals surface area contributed by atoms with E-state index in [0.717, 1.165) is 6.42 Å². The van der Waals surface area contributed by atoms with Gasteiger partial charge in [0.1, 0.15) is 0 Å². The van der Waals surface area contributed by atoms with Gasteiger partial charge in [0.15, 0.2) is 0 Å². The van der Waals surface area contributed by atoms with Gasteiger partial charge in [0.2, 0.25) is 0 Å². The average molecular weight is 348 g/mol. The van der Waals surface area contributed by atoms with Gasteiger partial charge in [-0.1, -0.05) is 31.2 Å². The van der Waals surface area contributed by atoms with Gasteiger partial charge in [-0.2, -0.15) is 0 Å². The monoisotopic (exact) mass is 348 g/mol. The molecule has 0 saturated heterocycles. The lowest BCUT2D eigenvalue weighted by Crippen LogP contribution is -2.32. The molecule has 0 aromatic heterocycles. The van der Waals surface area contributed by atoms with Crippen molar-refractivity contribution < 1.29 is 9.53 Å². The molecule has 0 fully saturated rings. The van der Waals surface area contributed by atoms with Gasteiger partial charge < -0.3 is 4.74 Å². The SMILES string of the molecule is CCOC(=O)c1ccc(Cc2cc3c4c(c2)CCCC4(C)CCC3)cc1. The first-order valence-corrected chi connectivity index (χ1v) is 10.0. The van der Waals surface area contributed by atoms with Crippen molar-refractivity contribution in [3.05, 3.63) is 69.8 Å². The Labute approximate surface area is 156 Å². The van der Waals surface area contributed by atoms with Gasteiger partial charge in [-0.3, -0.25) is 0 Å². The van der Waals surface area contributed by atoms with Crippen LogP contribution in [0.15, 0.2) is 36.4 Å². The lowest BCUT2D eigenvalue weighted by molar-refractivity contribution is 0.0526. The summed E-state index contributed by atoms with van der Waals surface area (Å²) in [5.74, 6) is -0.239. The van der Waals surface area contributed by atoms with Crippen LogP contribution in [-0.2, 0) is 29.4 Å². The Morgan fingerprint density at radius 2 is 1.62 bits per heavy atom. The molecule has 0 saturated carbocycles. The minimum absolute atomic E-state index is 0.239. The molecular formula is C24H28O2. The van der Waals surface area contributed by atoms with E-state index in [-0.39, 0.29) is 5.97 Å². The number of carbonyl (C=O) groups excluding carboxylic acids is 1. The van der Waals surface area contributed by atoms with E-state index < -0.39 is 0 Å². The lowest BCUT2D eigenvalue weighted by atomic mass is 9.63. The molecule has 2 heteroatoms. The summed E-state index contributed by atoms with van der Waals surface area (Å²) in [4.78, 5) is 11.8. The minimum Gasteiger partial charge on any atom is -0.462 e. The molecule has 2 aromatic carbocycles. The van der Waals surface area contributed by atoms with Crippen molar-refractivity contribution in [2.24, 2.45) is 0 Å². The van der Waals surface area contributed by atoms with E-state index >= 15 is 0 Å². The maximum absolute atomic E-state index is 11.8. The van der Waals surface area contributed by atoms with Gasteiger partial charge in [-0.15, -0.1) is 0 Å². The normalized spacial score (nSPS) is 17.5. The predicted octanol–water partition coefficient (Wildman–Crippen LogP) is 5.38. The fourth-order valence-electron chi connectivity index (χ4n) is 5.03. The second kappa shape index (κ2) is 6.90. The van der Waals surface area contributed by atoms with Gasteiger partial charge in [-0.05, 0) is 97.2 Å². The fraction of sp³-hybridized carbons (Fsp3) is 0.458. The molecule has 2 nitrogen and oxygen atoms in total. The minimum atomic E-state index is -0.239. The number of rotatable bonds is 4. The molecule has 2 aliphatic carbocycles. The molecule has 0 amide bonds. The molecule has 136 valence electrons. The van der Waals surface area contributed by atoms with Crippen molar-refractivity contribution in [3.8, 4) is 0 Å². The number of hydrogen-bond acceptors (Lipinski definition) is 2. The van der Waals surface area contributed by atoms with Crippen LogP contribution in [-0.4, -0.2) is 12.6 Å². The van der Waals surface area contributed by atoms with Crippen LogP contribution in [0.4, 0.5) is 0 Å². The fourth-order valence-corrected chi connectivity index (χ4v) is 5.03. The smallest absolute Gasteiger partial charge is 0.338 e. The average Bonchev–Trinajstić information content (AvgIpc) is 2.62. The molecule has 4 rings (SSSR count). The molecule has 0 heterocycles. The summed E-state index contributed by atoms with van der Waals surface area (Å²) in [5.41, 5.74) is 8.57. The highest BCUT2D eigenvalue weighted by Crippen LogP contribution is 2.46. The van der Waals surface area contributed by atoms with Crippen LogP contribution in [0.5, 0.6) is 0 Å². The maximum atomic E-state index is 11.8. The number of hydrogen-bond donors (Lipinski definition) is 0. The van der Waals surface area contributed by atoms with Crippen molar-refractivity contribution in [1.29, 1.82) is 0 Å². The first-order valence-electron chi connectivity index (χ1n) is 10.0. The highest BCUT2D eigenvalue weighted by molar-refractivity contribution is 5.89. The van der Waals surface area contributed by atoms with Crippen LogP contribution in [0.1, 0.15) is 77.7 Å². The van der Waals surface area contributed by atoms with E-state index in [4.69, 9.17) is 4.74 Å². The van der Waals surface area contributed by atoms with E-state index in [1.165, 1.54) is 49.7 Å². The Bertz CT molecular complexity index is 786. The number of benzene rings is 2. The molecular weight excluding hydrogens is 320 g/mol. The number of esters is 1. The third-order valence-electron chi connectivity index (χ3n) is 6.19. The highest BCUT2D eigenvalue weighted by atomic mass is 16.5. The zero-order valence-electron chi connectivity index (χ0n) is 15.9. The summed E-state index contributed by atoms with van der Waals surface area (Å²) in [6.07, 6.45) is 8.73. The second-order valence-corrected chi connectivity index (χ2v) is 8.15. The Morgan fingerprint density at radius 1 is 1.00 bits per heavy atom. The topological polar surface area (TPSA) is 26.3 Å². The molecule has 26 heavy (non-hydrogen) atoms. The Morgan fingerprint density at radius 3 is 2.19 bits per heavy atom. The van der Waals surface area contributed by atoms with Crippen LogP contribution in [0.25, 0.3) is 0 Å². The molecule has 0 aliphatic heterocycles. The second-order valence-electron chi connectivity index (χ2n) is 8.15. The molecule has 0 atom stereocenters. The van der Waals surface area contributed by atoms with Crippen LogP contribution in [0, 0.1) is 0 Å². The summed E-state index contributed by atoms with van der Waals surface area (Å²) >= 11 is 0. The first-order chi connectivity index (χ1) is 12.6. The number of ether oxygens (including phenoxy) is 1. The first kappa shape index (κ1) is 17.3. The standard InChI is InChI=1S/C24H28O2/c1-3-26-23(25)19-10-8-17(9-11-19)14-18-15-20-6-4-12-24(2)13-5-7-21(16-18)22(20)24/h8-11,15-16H,3-7,12-14H2,1-2H3. The van der Waals surface area contributed by atoms with Crippen LogP contribution in [0.3, 0.4) is 0 Å². The van der Waals surface area contributed by atoms with Gasteiger partial charge in [0, 0.05) is 0 Å². The summed E-state index contributed by atoms with van der Waals surface area (Å²) < 4.78 is 5.07. The summed E-state index contributed by atoms with van der Waals surface area (Å²) in [5, 5.41) is 0. The highest BCUT2D eigenvalue weighted by Gasteiger charge is 2.36. The Balaban J connectivity index is 1.59. The van der Waals surface area contributed by atoms with E-state index in [1.54, 1.807) is 16.7 Å². The Hall–Kier alpha value is -2.09. The van der Waals surface area contributed by atoms with Crippen molar-refractivity contribution in [2.75, 3.05) is 6.61 Å². The summed E-state index contributed by atoms with van der Waals surface area (Å²) in [6, 6.07) is 12.8. The van der Waals surface area contributed by atoms with E-state index in [1.807, 2.05) is 19.1 Å². The molecule has 2 aliphatic rings. The molecule has 0 bridgehead atoms. The van der Waals surface area contributed by atoms with Crippen LogP contribution in [0.2, 0.25) is 0 Å². The van der Waals surface area contributed by atoms with Crippen LogP contribution >= 0.6 is 0 Å². The molecule has 0 spiro atoms. The van der Waals surface area contributed by atoms with Crippen molar-refractivity contribution >= 4 is 5.97 Å². The Kier molecular flexibility index (Phi) is 4.60. The third kappa shape index (κ3) is 3.18. The molecule has 0 radical (unpaired) electrons. The maximum Gasteiger partial charge on any atom is 0.338 e. The summed E-state index contributed by atoms with van der Waals surface area (Å²) in [6.45, 7) is 4.72. The van der Waals surface area contributed by atoms with Gasteiger partial charge in [0.25, 0.3) is 0 Å². The molecule has 2 aromatic rings. The van der Waals surface area contributed by atoms with Gasteiger partial charge in [0.05, 0.1) is 12.2 Å². The lowest BCUT2D eigenvalue weighted by Gasteiger charge is -2.41. The van der Waals surface area contributed by atoms with Gasteiger partial charge >= 0.3 is 5.97 Å². The van der Waals surface area contributed by atoms with E-state index in [9.17, 15) is 4.79 Å².